The first-order valence-corrected chi connectivity index (χ1v) is 8.14. The highest BCUT2D eigenvalue weighted by Crippen LogP contribution is 2.28. The van der Waals surface area contributed by atoms with Gasteiger partial charge in [-0.25, -0.2) is 0 Å². The van der Waals surface area contributed by atoms with E-state index in [9.17, 15) is 5.11 Å². The summed E-state index contributed by atoms with van der Waals surface area (Å²) in [6.45, 7) is 7.49. The van der Waals surface area contributed by atoms with Gasteiger partial charge in [0, 0.05) is 12.1 Å². The molecule has 0 radical (unpaired) electrons. The maximum atomic E-state index is 10.7. The fourth-order valence-corrected chi connectivity index (χ4v) is 3.51. The second-order valence-corrected chi connectivity index (χ2v) is 6.22. The zero-order valence-electron chi connectivity index (χ0n) is 13.2. The van der Waals surface area contributed by atoms with E-state index >= 15 is 0 Å². The van der Waals surface area contributed by atoms with Gasteiger partial charge >= 0.3 is 0 Å². The lowest BCUT2D eigenvalue weighted by atomic mass is 9.91. The highest BCUT2D eigenvalue weighted by atomic mass is 16.3. The molecule has 2 heteroatoms. The average Bonchev–Trinajstić information content (AvgIpc) is 2.49. The Balaban J connectivity index is 2.06. The van der Waals surface area contributed by atoms with Gasteiger partial charge in [0.25, 0.3) is 0 Å². The summed E-state index contributed by atoms with van der Waals surface area (Å²) < 4.78 is 0. The number of rotatable bonds is 5. The highest BCUT2D eigenvalue weighted by Gasteiger charge is 2.28. The fourth-order valence-electron chi connectivity index (χ4n) is 3.51. The lowest BCUT2D eigenvalue weighted by molar-refractivity contribution is 0.0245. The minimum Gasteiger partial charge on any atom is -0.387 e. The van der Waals surface area contributed by atoms with Crippen LogP contribution in [-0.2, 0) is 0 Å². The molecule has 112 valence electrons. The SMILES string of the molecule is CCN(C1CCCCC1)C(C)C(O)c1ccc(C)cc1. The molecule has 0 spiro atoms. The Labute approximate surface area is 123 Å². The van der Waals surface area contributed by atoms with Crippen LogP contribution in [0.1, 0.15) is 63.2 Å². The molecule has 2 nitrogen and oxygen atoms in total. The summed E-state index contributed by atoms with van der Waals surface area (Å²) in [6, 6.07) is 9.13. The van der Waals surface area contributed by atoms with E-state index in [4.69, 9.17) is 0 Å². The number of hydrogen-bond donors (Lipinski definition) is 1. The van der Waals surface area contributed by atoms with Gasteiger partial charge in [0.2, 0.25) is 0 Å². The van der Waals surface area contributed by atoms with Gasteiger partial charge in [-0.05, 0) is 38.8 Å². The lowest BCUT2D eigenvalue weighted by Crippen LogP contribution is -2.45. The summed E-state index contributed by atoms with van der Waals surface area (Å²) in [5, 5.41) is 10.7. The Morgan fingerprint density at radius 2 is 1.75 bits per heavy atom. The van der Waals surface area contributed by atoms with E-state index in [1.807, 2.05) is 0 Å². The first-order valence-electron chi connectivity index (χ1n) is 8.14. The van der Waals surface area contributed by atoms with E-state index in [0.717, 1.165) is 12.1 Å². The molecule has 1 N–H and O–H groups in total. The second kappa shape index (κ2) is 7.24. The van der Waals surface area contributed by atoms with Crippen LogP contribution >= 0.6 is 0 Å². The molecule has 2 rings (SSSR count). The van der Waals surface area contributed by atoms with Crippen LogP contribution in [0.25, 0.3) is 0 Å². The van der Waals surface area contributed by atoms with Crippen molar-refractivity contribution in [2.24, 2.45) is 0 Å². The molecule has 1 aliphatic rings. The molecular formula is C18H29NO. The molecule has 1 aromatic rings. The topological polar surface area (TPSA) is 23.5 Å². The van der Waals surface area contributed by atoms with Crippen molar-refractivity contribution < 1.29 is 5.11 Å². The van der Waals surface area contributed by atoms with Crippen molar-refractivity contribution >= 4 is 0 Å². The minimum absolute atomic E-state index is 0.186. The summed E-state index contributed by atoms with van der Waals surface area (Å²) >= 11 is 0. The number of aliphatic hydroxyl groups excluding tert-OH is 1. The molecule has 20 heavy (non-hydrogen) atoms. The van der Waals surface area contributed by atoms with Crippen LogP contribution < -0.4 is 0 Å². The molecule has 0 aliphatic heterocycles. The van der Waals surface area contributed by atoms with Crippen molar-refractivity contribution in [1.82, 2.24) is 4.90 Å². The third-order valence-electron chi connectivity index (χ3n) is 4.81. The molecule has 1 aromatic carbocycles. The first kappa shape index (κ1) is 15.5. The molecule has 0 saturated heterocycles. The Morgan fingerprint density at radius 1 is 1.15 bits per heavy atom. The van der Waals surface area contributed by atoms with Crippen molar-refractivity contribution in [1.29, 1.82) is 0 Å². The smallest absolute Gasteiger partial charge is 0.0942 e. The van der Waals surface area contributed by atoms with Crippen molar-refractivity contribution in [2.45, 2.75) is 71.1 Å². The number of nitrogens with zero attached hydrogens (tertiary/aromatic N) is 1. The van der Waals surface area contributed by atoms with E-state index in [-0.39, 0.29) is 6.04 Å². The van der Waals surface area contributed by atoms with Crippen molar-refractivity contribution in [3.05, 3.63) is 35.4 Å². The predicted molar refractivity (Wildman–Crippen MR) is 84.9 cm³/mol. The van der Waals surface area contributed by atoms with E-state index in [1.54, 1.807) is 0 Å². The van der Waals surface area contributed by atoms with E-state index < -0.39 is 6.10 Å². The number of aliphatic hydroxyl groups is 1. The maximum absolute atomic E-state index is 10.7. The monoisotopic (exact) mass is 275 g/mol. The van der Waals surface area contributed by atoms with Crippen molar-refractivity contribution in [2.75, 3.05) is 6.54 Å². The molecule has 2 atom stereocenters. The molecule has 1 aliphatic carbocycles. The molecule has 0 heterocycles. The number of aryl methyl sites for hydroxylation is 1. The average molecular weight is 275 g/mol. The van der Waals surface area contributed by atoms with Gasteiger partial charge in [-0.3, -0.25) is 4.90 Å². The number of likely N-dealkylation sites (N-methyl/N-ethyl adjacent to an activating group) is 1. The second-order valence-electron chi connectivity index (χ2n) is 6.22. The molecule has 1 fully saturated rings. The molecule has 0 aromatic heterocycles. The van der Waals surface area contributed by atoms with Gasteiger partial charge in [0.15, 0.2) is 0 Å². The Kier molecular flexibility index (Phi) is 5.62. The summed E-state index contributed by atoms with van der Waals surface area (Å²) in [7, 11) is 0. The van der Waals surface area contributed by atoms with Crippen LogP contribution in [0.15, 0.2) is 24.3 Å². The summed E-state index contributed by atoms with van der Waals surface area (Å²) in [5.41, 5.74) is 2.28. The minimum atomic E-state index is -0.391. The third kappa shape index (κ3) is 3.62. The summed E-state index contributed by atoms with van der Waals surface area (Å²) in [4.78, 5) is 2.50. The standard InChI is InChI=1S/C18H29NO/c1-4-19(17-8-6-5-7-9-17)15(3)18(20)16-12-10-14(2)11-13-16/h10-13,15,17-18,20H,4-9H2,1-3H3. The van der Waals surface area contributed by atoms with Crippen LogP contribution in [0.5, 0.6) is 0 Å². The molecule has 0 amide bonds. The van der Waals surface area contributed by atoms with Crippen LogP contribution in [0.3, 0.4) is 0 Å². The van der Waals surface area contributed by atoms with Crippen LogP contribution in [0.4, 0.5) is 0 Å². The van der Waals surface area contributed by atoms with E-state index in [0.29, 0.717) is 6.04 Å². The zero-order valence-corrected chi connectivity index (χ0v) is 13.2. The molecule has 0 bridgehead atoms. The normalized spacial score (nSPS) is 20.1. The third-order valence-corrected chi connectivity index (χ3v) is 4.81. The zero-order chi connectivity index (χ0) is 14.5. The van der Waals surface area contributed by atoms with Gasteiger partial charge < -0.3 is 5.11 Å². The predicted octanol–water partition coefficient (Wildman–Crippen LogP) is 4.07. The fraction of sp³-hybridized carbons (Fsp3) is 0.667. The quantitative estimate of drug-likeness (QED) is 0.875. The first-order chi connectivity index (χ1) is 9.63. The van der Waals surface area contributed by atoms with Gasteiger partial charge in [-0.1, -0.05) is 56.0 Å². The van der Waals surface area contributed by atoms with Crippen LogP contribution in [0.2, 0.25) is 0 Å². The maximum Gasteiger partial charge on any atom is 0.0942 e. The Bertz CT molecular complexity index is 394. The number of hydrogen-bond acceptors (Lipinski definition) is 2. The molecule has 1 saturated carbocycles. The number of benzene rings is 1. The van der Waals surface area contributed by atoms with Crippen LogP contribution in [-0.4, -0.2) is 28.6 Å². The molecule has 2 unspecified atom stereocenters. The Morgan fingerprint density at radius 3 is 2.30 bits per heavy atom. The molecular weight excluding hydrogens is 246 g/mol. The van der Waals surface area contributed by atoms with Gasteiger partial charge in [-0.2, -0.15) is 0 Å². The van der Waals surface area contributed by atoms with Crippen LogP contribution in [0, 0.1) is 6.92 Å². The van der Waals surface area contributed by atoms with Gasteiger partial charge in [0.05, 0.1) is 6.10 Å². The summed E-state index contributed by atoms with van der Waals surface area (Å²) in [6.07, 6.45) is 6.25. The summed E-state index contributed by atoms with van der Waals surface area (Å²) in [5.74, 6) is 0. The lowest BCUT2D eigenvalue weighted by Gasteiger charge is -2.39. The van der Waals surface area contributed by atoms with Crippen molar-refractivity contribution in [3.63, 3.8) is 0 Å². The highest BCUT2D eigenvalue weighted by molar-refractivity contribution is 5.24. The van der Waals surface area contributed by atoms with Gasteiger partial charge in [0.1, 0.15) is 0 Å². The van der Waals surface area contributed by atoms with Gasteiger partial charge in [-0.15, -0.1) is 0 Å². The Hall–Kier alpha value is -0.860. The van der Waals surface area contributed by atoms with Crippen molar-refractivity contribution in [3.8, 4) is 0 Å². The van der Waals surface area contributed by atoms with E-state index in [1.165, 1.54) is 37.7 Å². The van der Waals surface area contributed by atoms with E-state index in [2.05, 4.69) is 49.9 Å². The largest absolute Gasteiger partial charge is 0.387 e.